The number of pyridine rings is 1. The summed E-state index contributed by atoms with van der Waals surface area (Å²) < 4.78 is 0.608. The summed E-state index contributed by atoms with van der Waals surface area (Å²) in [6, 6.07) is 3.08. The van der Waals surface area contributed by atoms with Crippen LogP contribution in [0.4, 0.5) is 5.82 Å². The largest absolute Gasteiger partial charge is 0.478 e. The SMILES string of the molecule is CNc1nc(Br)ccc1C(=O)O. The number of aromatic carboxylic acids is 1. The molecule has 5 heteroatoms. The summed E-state index contributed by atoms with van der Waals surface area (Å²) >= 11 is 3.14. The van der Waals surface area contributed by atoms with E-state index in [9.17, 15) is 4.79 Å². The smallest absolute Gasteiger partial charge is 0.339 e. The number of anilines is 1. The molecule has 64 valence electrons. The molecule has 0 fully saturated rings. The third kappa shape index (κ3) is 1.73. The first kappa shape index (κ1) is 8.99. The van der Waals surface area contributed by atoms with Gasteiger partial charge in [0.1, 0.15) is 16.0 Å². The van der Waals surface area contributed by atoms with E-state index in [2.05, 4.69) is 26.2 Å². The van der Waals surface area contributed by atoms with Crippen LogP contribution >= 0.6 is 15.9 Å². The van der Waals surface area contributed by atoms with Gasteiger partial charge in [0.25, 0.3) is 0 Å². The number of hydrogen-bond donors (Lipinski definition) is 2. The van der Waals surface area contributed by atoms with Crippen LogP contribution in [0.15, 0.2) is 16.7 Å². The van der Waals surface area contributed by atoms with E-state index in [1.807, 2.05) is 0 Å². The highest BCUT2D eigenvalue weighted by atomic mass is 79.9. The molecule has 1 heterocycles. The molecule has 0 saturated carbocycles. The quantitative estimate of drug-likeness (QED) is 0.758. The number of halogens is 1. The number of carbonyl (C=O) groups is 1. The van der Waals surface area contributed by atoms with E-state index >= 15 is 0 Å². The molecule has 0 aliphatic rings. The fourth-order valence-electron chi connectivity index (χ4n) is 0.798. The zero-order chi connectivity index (χ0) is 9.14. The van der Waals surface area contributed by atoms with Gasteiger partial charge in [-0.05, 0) is 28.1 Å². The summed E-state index contributed by atoms with van der Waals surface area (Å²) in [6.45, 7) is 0. The molecule has 0 aliphatic heterocycles. The Labute approximate surface area is 77.8 Å². The van der Waals surface area contributed by atoms with Crippen LogP contribution in [-0.2, 0) is 0 Å². The van der Waals surface area contributed by atoms with E-state index in [1.54, 1.807) is 13.1 Å². The molecule has 0 radical (unpaired) electrons. The average Bonchev–Trinajstić information content (AvgIpc) is 2.03. The number of nitrogens with zero attached hydrogens (tertiary/aromatic N) is 1. The van der Waals surface area contributed by atoms with Crippen LogP contribution in [0, 0.1) is 0 Å². The maximum Gasteiger partial charge on any atom is 0.339 e. The van der Waals surface area contributed by atoms with Crippen LogP contribution < -0.4 is 5.32 Å². The Balaban J connectivity index is 3.20. The number of rotatable bonds is 2. The van der Waals surface area contributed by atoms with Crippen molar-refractivity contribution in [3.63, 3.8) is 0 Å². The number of carboxylic acid groups (broad SMARTS) is 1. The Morgan fingerprint density at radius 3 is 2.83 bits per heavy atom. The summed E-state index contributed by atoms with van der Waals surface area (Å²) in [5.74, 6) is -0.628. The maximum absolute atomic E-state index is 10.6. The predicted molar refractivity (Wildman–Crippen MR) is 48.4 cm³/mol. The lowest BCUT2D eigenvalue weighted by molar-refractivity contribution is 0.0697. The Morgan fingerprint density at radius 1 is 1.67 bits per heavy atom. The van der Waals surface area contributed by atoms with Crippen molar-refractivity contribution < 1.29 is 9.90 Å². The van der Waals surface area contributed by atoms with Crippen molar-refractivity contribution in [1.82, 2.24) is 4.98 Å². The molecule has 12 heavy (non-hydrogen) atoms. The van der Waals surface area contributed by atoms with Crippen molar-refractivity contribution in [2.75, 3.05) is 12.4 Å². The van der Waals surface area contributed by atoms with E-state index in [0.717, 1.165) is 0 Å². The molecule has 1 rings (SSSR count). The second-order valence-corrected chi connectivity index (χ2v) is 2.90. The van der Waals surface area contributed by atoms with Gasteiger partial charge in [0.15, 0.2) is 0 Å². The third-order valence-corrected chi connectivity index (χ3v) is 1.77. The molecule has 0 bridgehead atoms. The van der Waals surface area contributed by atoms with Crippen LogP contribution in [0.2, 0.25) is 0 Å². The lowest BCUT2D eigenvalue weighted by Gasteiger charge is -2.03. The summed E-state index contributed by atoms with van der Waals surface area (Å²) in [6.07, 6.45) is 0. The predicted octanol–water partition coefficient (Wildman–Crippen LogP) is 1.58. The first-order valence-corrected chi connectivity index (χ1v) is 4.02. The van der Waals surface area contributed by atoms with E-state index in [0.29, 0.717) is 10.4 Å². The minimum Gasteiger partial charge on any atom is -0.478 e. The topological polar surface area (TPSA) is 62.2 Å². The zero-order valence-electron chi connectivity index (χ0n) is 6.34. The van der Waals surface area contributed by atoms with Crippen LogP contribution in [0.5, 0.6) is 0 Å². The van der Waals surface area contributed by atoms with Crippen LogP contribution in [0.1, 0.15) is 10.4 Å². The fraction of sp³-hybridized carbons (Fsp3) is 0.143. The van der Waals surface area contributed by atoms with Gasteiger partial charge in [-0.1, -0.05) is 0 Å². The monoisotopic (exact) mass is 230 g/mol. The molecule has 0 amide bonds. The highest BCUT2D eigenvalue weighted by molar-refractivity contribution is 9.10. The molecular formula is C7H7BrN2O2. The van der Waals surface area contributed by atoms with Gasteiger partial charge in [-0.2, -0.15) is 0 Å². The Kier molecular flexibility index (Phi) is 2.65. The van der Waals surface area contributed by atoms with Crippen molar-refractivity contribution in [2.45, 2.75) is 0 Å². The van der Waals surface area contributed by atoms with Crippen molar-refractivity contribution in [1.29, 1.82) is 0 Å². The minimum absolute atomic E-state index is 0.167. The Morgan fingerprint density at radius 2 is 2.33 bits per heavy atom. The van der Waals surface area contributed by atoms with Crippen LogP contribution in [0.3, 0.4) is 0 Å². The Bertz CT molecular complexity index is 314. The molecule has 0 aromatic carbocycles. The zero-order valence-corrected chi connectivity index (χ0v) is 7.92. The van der Waals surface area contributed by atoms with E-state index in [1.165, 1.54) is 6.07 Å². The van der Waals surface area contributed by atoms with E-state index < -0.39 is 5.97 Å². The van der Waals surface area contributed by atoms with Crippen molar-refractivity contribution in [3.8, 4) is 0 Å². The molecule has 0 aliphatic carbocycles. The molecule has 1 aromatic heterocycles. The van der Waals surface area contributed by atoms with Gasteiger partial charge < -0.3 is 10.4 Å². The van der Waals surface area contributed by atoms with E-state index in [4.69, 9.17) is 5.11 Å². The second-order valence-electron chi connectivity index (χ2n) is 2.09. The van der Waals surface area contributed by atoms with Crippen LogP contribution in [-0.4, -0.2) is 23.1 Å². The molecule has 2 N–H and O–H groups in total. The molecule has 1 aromatic rings. The van der Waals surface area contributed by atoms with E-state index in [-0.39, 0.29) is 5.56 Å². The van der Waals surface area contributed by atoms with Crippen molar-refractivity contribution in [3.05, 3.63) is 22.3 Å². The maximum atomic E-state index is 10.6. The highest BCUT2D eigenvalue weighted by Crippen LogP contribution is 2.15. The van der Waals surface area contributed by atoms with Gasteiger partial charge in [0.05, 0.1) is 0 Å². The number of hydrogen-bond acceptors (Lipinski definition) is 3. The molecule has 4 nitrogen and oxygen atoms in total. The van der Waals surface area contributed by atoms with Crippen molar-refractivity contribution >= 4 is 27.7 Å². The second kappa shape index (κ2) is 3.53. The van der Waals surface area contributed by atoms with Gasteiger partial charge in [0.2, 0.25) is 0 Å². The number of nitrogens with one attached hydrogen (secondary N) is 1. The lowest BCUT2D eigenvalue weighted by Crippen LogP contribution is -2.04. The summed E-state index contributed by atoms with van der Waals surface area (Å²) in [5, 5.41) is 11.4. The molecule has 0 unspecified atom stereocenters. The molecule has 0 atom stereocenters. The van der Waals surface area contributed by atoms with Gasteiger partial charge in [0, 0.05) is 7.05 Å². The first-order valence-electron chi connectivity index (χ1n) is 3.22. The highest BCUT2D eigenvalue weighted by Gasteiger charge is 2.09. The van der Waals surface area contributed by atoms with Crippen molar-refractivity contribution in [2.24, 2.45) is 0 Å². The van der Waals surface area contributed by atoms with Gasteiger partial charge in [-0.3, -0.25) is 0 Å². The number of aromatic nitrogens is 1. The summed E-state index contributed by atoms with van der Waals surface area (Å²) in [5.41, 5.74) is 0.167. The first-order chi connectivity index (χ1) is 5.65. The summed E-state index contributed by atoms with van der Waals surface area (Å²) in [7, 11) is 1.63. The average molecular weight is 231 g/mol. The molecular weight excluding hydrogens is 224 g/mol. The molecule has 0 saturated heterocycles. The summed E-state index contributed by atoms with van der Waals surface area (Å²) in [4.78, 5) is 14.5. The van der Waals surface area contributed by atoms with Crippen LogP contribution in [0.25, 0.3) is 0 Å². The standard InChI is InChI=1S/C7H7BrN2O2/c1-9-6-4(7(11)12)2-3-5(8)10-6/h2-3H,1H3,(H,9,10)(H,11,12). The third-order valence-electron chi connectivity index (χ3n) is 1.33. The minimum atomic E-state index is -0.987. The normalized spacial score (nSPS) is 9.50. The number of carboxylic acids is 1. The molecule has 0 spiro atoms. The van der Waals surface area contributed by atoms with Gasteiger partial charge in [-0.15, -0.1) is 0 Å². The fourth-order valence-corrected chi connectivity index (χ4v) is 1.11. The van der Waals surface area contributed by atoms with Gasteiger partial charge in [-0.25, -0.2) is 9.78 Å². The lowest BCUT2D eigenvalue weighted by atomic mass is 10.2. The van der Waals surface area contributed by atoms with Gasteiger partial charge >= 0.3 is 5.97 Å². The Hall–Kier alpha value is -1.10.